The molecule has 0 aliphatic rings. The summed E-state index contributed by atoms with van der Waals surface area (Å²) in [5, 5.41) is 0.620. The smallest absolute Gasteiger partial charge is 0.343 e. The molecule has 0 unspecified atom stereocenters. The van der Waals surface area contributed by atoms with Crippen LogP contribution in [0.2, 0.25) is 10.0 Å². The molecule has 0 amide bonds. The Kier molecular flexibility index (Phi) is 4.66. The fourth-order valence-corrected chi connectivity index (χ4v) is 2.09. The quantitative estimate of drug-likeness (QED) is 0.466. The topological polar surface area (TPSA) is 43.4 Å². The molecule has 0 saturated heterocycles. The van der Waals surface area contributed by atoms with Gasteiger partial charge in [0.1, 0.15) is 5.75 Å². The van der Waals surface area contributed by atoms with Gasteiger partial charge in [-0.2, -0.15) is 0 Å². The molecule has 0 aliphatic carbocycles. The molecule has 0 N–H and O–H groups in total. The van der Waals surface area contributed by atoms with Crippen LogP contribution in [-0.4, -0.2) is 11.8 Å². The van der Waals surface area contributed by atoms with Gasteiger partial charge in [0.2, 0.25) is 0 Å². The Balaban J connectivity index is 2.31. The highest BCUT2D eigenvalue weighted by atomic mass is 35.5. The standard InChI is InChI=1S/C16H12Cl2O3/c1-9-3-6-15(12(7-9)10(2)19)21-16(20)11-4-5-13(17)14(18)8-11/h3-8H,1-2H3. The van der Waals surface area contributed by atoms with E-state index in [4.69, 9.17) is 27.9 Å². The molecule has 2 rings (SSSR count). The lowest BCUT2D eigenvalue weighted by atomic mass is 10.1. The minimum absolute atomic E-state index is 0.171. The lowest BCUT2D eigenvalue weighted by Gasteiger charge is -2.09. The summed E-state index contributed by atoms with van der Waals surface area (Å²) in [7, 11) is 0. The summed E-state index contributed by atoms with van der Waals surface area (Å²) in [6.07, 6.45) is 0. The molecule has 5 heteroatoms. The van der Waals surface area contributed by atoms with Gasteiger partial charge in [-0.25, -0.2) is 4.79 Å². The first-order valence-electron chi connectivity index (χ1n) is 6.17. The van der Waals surface area contributed by atoms with Gasteiger partial charge < -0.3 is 4.74 Å². The first kappa shape index (κ1) is 15.5. The summed E-state index contributed by atoms with van der Waals surface area (Å²) in [4.78, 5) is 23.7. The summed E-state index contributed by atoms with van der Waals surface area (Å²) < 4.78 is 5.28. The molecule has 0 atom stereocenters. The van der Waals surface area contributed by atoms with Crippen LogP contribution < -0.4 is 4.74 Å². The van der Waals surface area contributed by atoms with Crippen LogP contribution >= 0.6 is 23.2 Å². The average molecular weight is 323 g/mol. The summed E-state index contributed by atoms with van der Waals surface area (Å²) in [5.74, 6) is -0.542. The van der Waals surface area contributed by atoms with Crippen LogP contribution in [0.5, 0.6) is 5.75 Å². The van der Waals surface area contributed by atoms with E-state index in [0.717, 1.165) is 5.56 Å². The second-order valence-electron chi connectivity index (χ2n) is 4.57. The van der Waals surface area contributed by atoms with Crippen LogP contribution in [0.25, 0.3) is 0 Å². The van der Waals surface area contributed by atoms with Gasteiger partial charge in [-0.3, -0.25) is 4.79 Å². The van der Waals surface area contributed by atoms with Crippen LogP contribution in [0.1, 0.15) is 33.2 Å². The number of ketones is 1. The molecular weight excluding hydrogens is 311 g/mol. The third kappa shape index (κ3) is 3.63. The Bertz CT molecular complexity index is 723. The lowest BCUT2D eigenvalue weighted by molar-refractivity contribution is 0.0733. The maximum atomic E-state index is 12.1. The number of esters is 1. The second-order valence-corrected chi connectivity index (χ2v) is 5.39. The highest BCUT2D eigenvalue weighted by molar-refractivity contribution is 6.42. The fraction of sp³-hybridized carbons (Fsp3) is 0.125. The molecule has 0 heterocycles. The van der Waals surface area contributed by atoms with E-state index in [1.165, 1.54) is 25.1 Å². The van der Waals surface area contributed by atoms with Crippen molar-refractivity contribution in [3.05, 3.63) is 63.1 Å². The van der Waals surface area contributed by atoms with Gasteiger partial charge in [0, 0.05) is 0 Å². The number of hydrogen-bond donors (Lipinski definition) is 0. The maximum absolute atomic E-state index is 12.1. The second kappa shape index (κ2) is 6.29. The largest absolute Gasteiger partial charge is 0.422 e. The van der Waals surface area contributed by atoms with Gasteiger partial charge in [-0.1, -0.05) is 34.8 Å². The SMILES string of the molecule is CC(=O)c1cc(C)ccc1OC(=O)c1ccc(Cl)c(Cl)c1. The first-order valence-corrected chi connectivity index (χ1v) is 6.93. The van der Waals surface area contributed by atoms with Crippen molar-refractivity contribution in [1.29, 1.82) is 0 Å². The van der Waals surface area contributed by atoms with E-state index in [2.05, 4.69) is 0 Å². The zero-order chi connectivity index (χ0) is 15.6. The van der Waals surface area contributed by atoms with Crippen molar-refractivity contribution in [2.45, 2.75) is 13.8 Å². The van der Waals surface area contributed by atoms with Crippen molar-refractivity contribution in [1.82, 2.24) is 0 Å². The zero-order valence-corrected chi connectivity index (χ0v) is 13.0. The highest BCUT2D eigenvalue weighted by Crippen LogP contribution is 2.25. The van der Waals surface area contributed by atoms with E-state index in [9.17, 15) is 9.59 Å². The van der Waals surface area contributed by atoms with E-state index in [1.807, 2.05) is 6.92 Å². The molecule has 21 heavy (non-hydrogen) atoms. The molecule has 0 bridgehead atoms. The molecule has 2 aromatic carbocycles. The number of Topliss-reactive ketones (excluding diaryl/α,β-unsaturated/α-hetero) is 1. The minimum Gasteiger partial charge on any atom is -0.422 e. The zero-order valence-electron chi connectivity index (χ0n) is 11.4. The molecular formula is C16H12Cl2O3. The van der Waals surface area contributed by atoms with E-state index in [1.54, 1.807) is 18.2 Å². The molecule has 0 fully saturated rings. The van der Waals surface area contributed by atoms with E-state index in [0.29, 0.717) is 10.6 Å². The lowest BCUT2D eigenvalue weighted by Crippen LogP contribution is -2.11. The van der Waals surface area contributed by atoms with E-state index >= 15 is 0 Å². The van der Waals surface area contributed by atoms with Crippen molar-refractivity contribution in [2.24, 2.45) is 0 Å². The van der Waals surface area contributed by atoms with Gasteiger partial charge in [-0.05, 0) is 44.2 Å². The van der Waals surface area contributed by atoms with Gasteiger partial charge in [-0.15, -0.1) is 0 Å². The Labute approximate surface area is 132 Å². The van der Waals surface area contributed by atoms with Gasteiger partial charge in [0.05, 0.1) is 21.2 Å². The Morgan fingerprint density at radius 1 is 1.00 bits per heavy atom. The summed E-state index contributed by atoms with van der Waals surface area (Å²) in [6.45, 7) is 3.28. The van der Waals surface area contributed by atoms with Crippen molar-refractivity contribution in [3.8, 4) is 5.75 Å². The predicted molar refractivity (Wildman–Crippen MR) is 82.6 cm³/mol. The average Bonchev–Trinajstić information content (AvgIpc) is 2.43. The van der Waals surface area contributed by atoms with Crippen LogP contribution in [0, 0.1) is 6.92 Å². The predicted octanol–water partition coefficient (Wildman–Crippen LogP) is 4.72. The summed E-state index contributed by atoms with van der Waals surface area (Å²) in [5.41, 5.74) is 1.54. The van der Waals surface area contributed by atoms with Crippen molar-refractivity contribution < 1.29 is 14.3 Å². The molecule has 0 aromatic heterocycles. The number of benzene rings is 2. The van der Waals surface area contributed by atoms with Crippen LogP contribution in [0.3, 0.4) is 0 Å². The van der Waals surface area contributed by atoms with Gasteiger partial charge >= 0.3 is 5.97 Å². The summed E-state index contributed by atoms with van der Waals surface area (Å²) in [6, 6.07) is 9.50. The molecule has 108 valence electrons. The molecule has 0 radical (unpaired) electrons. The number of ether oxygens (including phenoxy) is 1. The molecule has 0 aliphatic heterocycles. The number of carbonyl (C=O) groups excluding carboxylic acids is 2. The molecule has 2 aromatic rings. The highest BCUT2D eigenvalue weighted by Gasteiger charge is 2.15. The minimum atomic E-state index is -0.597. The number of carbonyl (C=O) groups is 2. The molecule has 0 spiro atoms. The maximum Gasteiger partial charge on any atom is 0.343 e. The Hall–Kier alpha value is -1.84. The van der Waals surface area contributed by atoms with Crippen LogP contribution in [-0.2, 0) is 0 Å². The molecule has 3 nitrogen and oxygen atoms in total. The Morgan fingerprint density at radius 2 is 1.71 bits per heavy atom. The number of halogens is 2. The molecule has 0 saturated carbocycles. The van der Waals surface area contributed by atoms with Crippen LogP contribution in [0.4, 0.5) is 0 Å². The van der Waals surface area contributed by atoms with Crippen molar-refractivity contribution >= 4 is 35.0 Å². The number of hydrogen-bond acceptors (Lipinski definition) is 3. The third-order valence-corrected chi connectivity index (χ3v) is 3.61. The Morgan fingerprint density at radius 3 is 2.33 bits per heavy atom. The number of aryl methyl sites for hydroxylation is 1. The van der Waals surface area contributed by atoms with Crippen molar-refractivity contribution in [2.75, 3.05) is 0 Å². The third-order valence-electron chi connectivity index (χ3n) is 2.87. The number of rotatable bonds is 3. The van der Waals surface area contributed by atoms with E-state index < -0.39 is 5.97 Å². The summed E-state index contributed by atoms with van der Waals surface area (Å²) >= 11 is 11.7. The van der Waals surface area contributed by atoms with E-state index in [-0.39, 0.29) is 22.1 Å². The normalized spacial score (nSPS) is 10.3. The van der Waals surface area contributed by atoms with Crippen LogP contribution in [0.15, 0.2) is 36.4 Å². The van der Waals surface area contributed by atoms with Crippen molar-refractivity contribution in [3.63, 3.8) is 0 Å². The first-order chi connectivity index (χ1) is 9.88. The fourth-order valence-electron chi connectivity index (χ4n) is 1.79. The van der Waals surface area contributed by atoms with Gasteiger partial charge in [0.15, 0.2) is 5.78 Å². The monoisotopic (exact) mass is 322 g/mol. The van der Waals surface area contributed by atoms with Gasteiger partial charge in [0.25, 0.3) is 0 Å².